The molecule has 1 aromatic rings. The third-order valence-corrected chi connectivity index (χ3v) is 4.40. The summed E-state index contributed by atoms with van der Waals surface area (Å²) in [6.07, 6.45) is 7.04. The maximum absolute atomic E-state index is 4.52. The zero-order chi connectivity index (χ0) is 14.5. The highest BCUT2D eigenvalue weighted by Gasteiger charge is 2.18. The third kappa shape index (κ3) is 4.06. The van der Waals surface area contributed by atoms with E-state index in [9.17, 15) is 0 Å². The summed E-state index contributed by atoms with van der Waals surface area (Å²) in [7, 11) is 2.01. The largest absolute Gasteiger partial charge is 0.310 e. The van der Waals surface area contributed by atoms with Gasteiger partial charge in [0.05, 0.1) is 5.69 Å². The molecule has 1 fully saturated rings. The molecule has 0 radical (unpaired) electrons. The Bertz CT molecular complexity index is 411. The van der Waals surface area contributed by atoms with Crippen LogP contribution in [0.25, 0.3) is 0 Å². The highest BCUT2D eigenvalue weighted by Crippen LogP contribution is 2.15. The molecule has 4 nitrogen and oxygen atoms in total. The zero-order valence-electron chi connectivity index (χ0n) is 13.5. The summed E-state index contributed by atoms with van der Waals surface area (Å²) in [5, 5.41) is 8.26. The molecule has 1 saturated heterocycles. The molecule has 1 unspecified atom stereocenters. The Labute approximate surface area is 123 Å². The van der Waals surface area contributed by atoms with Gasteiger partial charge in [-0.2, -0.15) is 5.10 Å². The van der Waals surface area contributed by atoms with Gasteiger partial charge in [0, 0.05) is 37.4 Å². The smallest absolute Gasteiger partial charge is 0.0666 e. The van der Waals surface area contributed by atoms with E-state index < -0.39 is 0 Å². The number of nitrogens with one attached hydrogen (secondary N) is 1. The van der Waals surface area contributed by atoms with Gasteiger partial charge in [0.15, 0.2) is 0 Å². The van der Waals surface area contributed by atoms with Crippen molar-refractivity contribution in [1.29, 1.82) is 0 Å². The zero-order valence-corrected chi connectivity index (χ0v) is 13.5. The van der Waals surface area contributed by atoms with Crippen molar-refractivity contribution < 1.29 is 0 Å². The van der Waals surface area contributed by atoms with Gasteiger partial charge < -0.3 is 10.2 Å². The molecule has 2 heterocycles. The lowest BCUT2D eigenvalue weighted by molar-refractivity contribution is 0.229. The molecule has 1 aromatic heterocycles. The van der Waals surface area contributed by atoms with Crippen LogP contribution in [0.1, 0.15) is 51.3 Å². The van der Waals surface area contributed by atoms with E-state index in [1.807, 2.05) is 11.7 Å². The first-order valence-corrected chi connectivity index (χ1v) is 8.09. The van der Waals surface area contributed by atoms with Crippen LogP contribution < -0.4 is 5.32 Å². The minimum Gasteiger partial charge on any atom is -0.310 e. The number of hydrogen-bond acceptors (Lipinski definition) is 3. The van der Waals surface area contributed by atoms with Crippen molar-refractivity contribution in [3.05, 3.63) is 17.5 Å². The number of hydrogen-bond donors (Lipinski definition) is 1. The van der Waals surface area contributed by atoms with Crippen LogP contribution in [0.2, 0.25) is 0 Å². The average molecular weight is 278 g/mol. The van der Waals surface area contributed by atoms with E-state index in [4.69, 9.17) is 0 Å². The summed E-state index contributed by atoms with van der Waals surface area (Å²) in [6, 6.07) is 1.34. The highest BCUT2D eigenvalue weighted by atomic mass is 15.3. The first-order chi connectivity index (χ1) is 9.60. The summed E-state index contributed by atoms with van der Waals surface area (Å²) in [4.78, 5) is 2.60. The Morgan fingerprint density at radius 3 is 2.85 bits per heavy atom. The lowest BCUT2D eigenvalue weighted by Crippen LogP contribution is -2.33. The fourth-order valence-electron chi connectivity index (χ4n) is 3.12. The summed E-state index contributed by atoms with van der Waals surface area (Å²) in [6.45, 7) is 10.2. The normalized spacial score (nSPS) is 21.4. The van der Waals surface area contributed by atoms with Gasteiger partial charge in [-0.05, 0) is 52.6 Å². The van der Waals surface area contributed by atoms with Gasteiger partial charge in [0.1, 0.15) is 0 Å². The minimum absolute atomic E-state index is 0.656. The molecule has 0 amide bonds. The maximum Gasteiger partial charge on any atom is 0.0666 e. The number of nitrogens with zero attached hydrogens (tertiary/aromatic N) is 3. The second-order valence-electron chi connectivity index (χ2n) is 6.27. The number of aryl methyl sites for hydroxylation is 2. The van der Waals surface area contributed by atoms with Gasteiger partial charge in [0.25, 0.3) is 0 Å². The number of likely N-dealkylation sites (tertiary alicyclic amines) is 1. The van der Waals surface area contributed by atoms with E-state index in [1.165, 1.54) is 43.6 Å². The van der Waals surface area contributed by atoms with Crippen LogP contribution in [-0.4, -0.2) is 39.9 Å². The predicted octanol–water partition coefficient (Wildman–Crippen LogP) is 2.33. The van der Waals surface area contributed by atoms with E-state index in [1.54, 1.807) is 0 Å². The van der Waals surface area contributed by atoms with Crippen LogP contribution in [0, 0.1) is 0 Å². The van der Waals surface area contributed by atoms with Crippen LogP contribution in [0.3, 0.4) is 0 Å². The van der Waals surface area contributed by atoms with Crippen molar-refractivity contribution in [3.8, 4) is 0 Å². The second kappa shape index (κ2) is 7.23. The van der Waals surface area contributed by atoms with Gasteiger partial charge in [-0.3, -0.25) is 4.68 Å². The SMILES string of the molecule is CCc1nn(C)cc1CNC1CCCN(C(C)C)CC1. The van der Waals surface area contributed by atoms with Crippen LogP contribution in [0.15, 0.2) is 6.20 Å². The minimum atomic E-state index is 0.656. The fourth-order valence-corrected chi connectivity index (χ4v) is 3.12. The van der Waals surface area contributed by atoms with E-state index >= 15 is 0 Å². The van der Waals surface area contributed by atoms with Crippen LogP contribution >= 0.6 is 0 Å². The van der Waals surface area contributed by atoms with E-state index in [-0.39, 0.29) is 0 Å². The lowest BCUT2D eigenvalue weighted by Gasteiger charge is -2.24. The molecule has 114 valence electrons. The summed E-state index contributed by atoms with van der Waals surface area (Å²) in [5.74, 6) is 0. The van der Waals surface area contributed by atoms with Gasteiger partial charge in [0.2, 0.25) is 0 Å². The highest BCUT2D eigenvalue weighted by molar-refractivity contribution is 5.16. The van der Waals surface area contributed by atoms with Gasteiger partial charge >= 0.3 is 0 Å². The molecule has 4 heteroatoms. The van der Waals surface area contributed by atoms with Crippen molar-refractivity contribution in [2.75, 3.05) is 13.1 Å². The molecule has 0 aliphatic carbocycles. The first-order valence-electron chi connectivity index (χ1n) is 8.09. The molecule has 1 atom stereocenters. The van der Waals surface area contributed by atoms with Gasteiger partial charge in [-0.25, -0.2) is 0 Å². The Kier molecular flexibility index (Phi) is 5.61. The molecule has 1 aliphatic heterocycles. The Balaban J connectivity index is 1.84. The van der Waals surface area contributed by atoms with Crippen LogP contribution in [0.4, 0.5) is 0 Å². The van der Waals surface area contributed by atoms with Crippen LogP contribution in [0.5, 0.6) is 0 Å². The molecular weight excluding hydrogens is 248 g/mol. The van der Waals surface area contributed by atoms with Crippen molar-refractivity contribution >= 4 is 0 Å². The van der Waals surface area contributed by atoms with Crippen molar-refractivity contribution in [3.63, 3.8) is 0 Å². The molecule has 0 aromatic carbocycles. The molecule has 1 aliphatic rings. The average Bonchev–Trinajstić information content (AvgIpc) is 2.63. The quantitative estimate of drug-likeness (QED) is 0.897. The molecule has 0 saturated carbocycles. The molecule has 2 rings (SSSR count). The lowest BCUT2D eigenvalue weighted by atomic mass is 10.1. The first kappa shape index (κ1) is 15.5. The Hall–Kier alpha value is -0.870. The van der Waals surface area contributed by atoms with Gasteiger partial charge in [-0.1, -0.05) is 6.92 Å². The van der Waals surface area contributed by atoms with E-state index in [2.05, 4.69) is 42.3 Å². The van der Waals surface area contributed by atoms with Crippen molar-refractivity contribution in [1.82, 2.24) is 20.0 Å². The monoisotopic (exact) mass is 278 g/mol. The molecule has 0 spiro atoms. The Morgan fingerprint density at radius 1 is 1.35 bits per heavy atom. The summed E-state index contributed by atoms with van der Waals surface area (Å²) >= 11 is 0. The topological polar surface area (TPSA) is 33.1 Å². The van der Waals surface area contributed by atoms with E-state index in [0.717, 1.165) is 13.0 Å². The number of rotatable bonds is 5. The van der Waals surface area contributed by atoms with E-state index in [0.29, 0.717) is 12.1 Å². The molecule has 0 bridgehead atoms. The molecular formula is C16H30N4. The Morgan fingerprint density at radius 2 is 2.15 bits per heavy atom. The van der Waals surface area contributed by atoms with Gasteiger partial charge in [-0.15, -0.1) is 0 Å². The second-order valence-corrected chi connectivity index (χ2v) is 6.27. The van der Waals surface area contributed by atoms with Crippen LogP contribution in [-0.2, 0) is 20.0 Å². The third-order valence-electron chi connectivity index (χ3n) is 4.40. The molecule has 20 heavy (non-hydrogen) atoms. The standard InChI is InChI=1S/C16H30N4/c1-5-16-14(12-19(4)18-16)11-17-15-7-6-9-20(10-8-15)13(2)3/h12-13,15,17H,5-11H2,1-4H3. The predicted molar refractivity (Wildman–Crippen MR) is 83.8 cm³/mol. The molecule has 1 N–H and O–H groups in total. The van der Waals surface area contributed by atoms with Crippen molar-refractivity contribution in [2.45, 2.75) is 65.1 Å². The fraction of sp³-hybridized carbons (Fsp3) is 0.812. The maximum atomic E-state index is 4.52. The summed E-state index contributed by atoms with van der Waals surface area (Å²) in [5.41, 5.74) is 2.59. The van der Waals surface area contributed by atoms with Crippen molar-refractivity contribution in [2.24, 2.45) is 7.05 Å². The summed E-state index contributed by atoms with van der Waals surface area (Å²) < 4.78 is 1.93. The number of aromatic nitrogens is 2.